The molecular weight excluding hydrogens is 166 g/mol. The maximum atomic E-state index is 11.3. The molecule has 72 valence electrons. The van der Waals surface area contributed by atoms with Gasteiger partial charge in [0.15, 0.2) is 5.41 Å². The molecule has 0 spiro atoms. The van der Waals surface area contributed by atoms with Gasteiger partial charge in [-0.2, -0.15) is 5.26 Å². The van der Waals surface area contributed by atoms with Crippen molar-refractivity contribution in [3.8, 4) is 6.07 Å². The van der Waals surface area contributed by atoms with Gasteiger partial charge < -0.3 is 4.74 Å². The fraction of sp³-hybridized carbons (Fsp3) is 0.600. The monoisotopic (exact) mass is 181 g/mol. The quantitative estimate of drug-likeness (QED) is 0.481. The Labute approximate surface area is 79.0 Å². The van der Waals surface area contributed by atoms with Crippen LogP contribution in [0, 0.1) is 16.7 Å². The number of carbonyl (C=O) groups excluding carboxylic acids is 1. The second-order valence-electron chi connectivity index (χ2n) is 2.99. The van der Waals surface area contributed by atoms with Crippen LogP contribution in [0.4, 0.5) is 0 Å². The van der Waals surface area contributed by atoms with Crippen molar-refractivity contribution < 1.29 is 9.53 Å². The number of rotatable bonds is 5. The van der Waals surface area contributed by atoms with Gasteiger partial charge in [0.05, 0.1) is 12.7 Å². The number of nitrogens with zero attached hydrogens (tertiary/aromatic N) is 1. The Morgan fingerprint density at radius 1 is 1.77 bits per heavy atom. The molecule has 0 saturated heterocycles. The smallest absolute Gasteiger partial charge is 0.326 e. The van der Waals surface area contributed by atoms with Crippen molar-refractivity contribution in [2.45, 2.75) is 26.7 Å². The summed E-state index contributed by atoms with van der Waals surface area (Å²) in [5, 5.41) is 8.82. The van der Waals surface area contributed by atoms with Gasteiger partial charge in [-0.1, -0.05) is 6.08 Å². The van der Waals surface area contributed by atoms with Crippen LogP contribution in [-0.4, -0.2) is 12.6 Å². The number of hydrogen-bond donors (Lipinski definition) is 0. The third-order valence-electron chi connectivity index (χ3n) is 1.82. The summed E-state index contributed by atoms with van der Waals surface area (Å²) in [6.07, 6.45) is 2.80. The SMILES string of the molecule is C=CCCC(C)(C#N)C(=O)OCC. The zero-order chi connectivity index (χ0) is 10.3. The molecule has 3 nitrogen and oxygen atoms in total. The van der Waals surface area contributed by atoms with Crippen LogP contribution >= 0.6 is 0 Å². The van der Waals surface area contributed by atoms with Crippen molar-refractivity contribution in [1.29, 1.82) is 5.26 Å². The number of allylic oxidation sites excluding steroid dienone is 1. The standard InChI is InChI=1S/C10H15NO2/c1-4-6-7-10(3,8-11)9(12)13-5-2/h4H,1,5-7H2,2-3H3. The van der Waals surface area contributed by atoms with Gasteiger partial charge >= 0.3 is 5.97 Å². The highest BCUT2D eigenvalue weighted by Crippen LogP contribution is 2.24. The lowest BCUT2D eigenvalue weighted by molar-refractivity contribution is -0.151. The highest BCUT2D eigenvalue weighted by Gasteiger charge is 2.33. The molecule has 0 heterocycles. The van der Waals surface area contributed by atoms with Crippen molar-refractivity contribution in [2.24, 2.45) is 5.41 Å². The Kier molecular flexibility index (Phi) is 4.83. The molecule has 1 unspecified atom stereocenters. The Bertz CT molecular complexity index is 230. The van der Waals surface area contributed by atoms with Crippen molar-refractivity contribution >= 4 is 5.97 Å². The molecule has 0 aliphatic rings. The molecule has 3 heteroatoms. The molecule has 0 radical (unpaired) electrons. The number of esters is 1. The summed E-state index contributed by atoms with van der Waals surface area (Å²) in [5.41, 5.74) is -1.02. The molecular formula is C10H15NO2. The van der Waals surface area contributed by atoms with Crippen molar-refractivity contribution in [1.82, 2.24) is 0 Å². The van der Waals surface area contributed by atoms with E-state index in [1.54, 1.807) is 19.9 Å². The third kappa shape index (κ3) is 3.29. The normalized spacial score (nSPS) is 13.9. The van der Waals surface area contributed by atoms with Crippen LogP contribution in [0.1, 0.15) is 26.7 Å². The maximum Gasteiger partial charge on any atom is 0.326 e. The largest absolute Gasteiger partial charge is 0.465 e. The fourth-order valence-electron chi connectivity index (χ4n) is 0.885. The molecule has 0 amide bonds. The first-order valence-electron chi connectivity index (χ1n) is 4.30. The second kappa shape index (κ2) is 5.36. The van der Waals surface area contributed by atoms with E-state index in [2.05, 4.69) is 6.58 Å². The highest BCUT2D eigenvalue weighted by atomic mass is 16.5. The van der Waals surface area contributed by atoms with E-state index in [4.69, 9.17) is 10.00 Å². The Morgan fingerprint density at radius 3 is 2.77 bits per heavy atom. The molecule has 0 aliphatic heterocycles. The predicted molar refractivity (Wildman–Crippen MR) is 49.8 cm³/mol. The average molecular weight is 181 g/mol. The summed E-state index contributed by atoms with van der Waals surface area (Å²) < 4.78 is 4.80. The number of ether oxygens (including phenoxy) is 1. The lowest BCUT2D eigenvalue weighted by Crippen LogP contribution is -2.28. The lowest BCUT2D eigenvalue weighted by Gasteiger charge is -2.17. The van der Waals surface area contributed by atoms with Crippen molar-refractivity contribution in [3.05, 3.63) is 12.7 Å². The van der Waals surface area contributed by atoms with Gasteiger partial charge in [0, 0.05) is 0 Å². The van der Waals surface area contributed by atoms with E-state index < -0.39 is 11.4 Å². The Morgan fingerprint density at radius 2 is 2.38 bits per heavy atom. The average Bonchev–Trinajstić information content (AvgIpc) is 2.14. The zero-order valence-corrected chi connectivity index (χ0v) is 8.17. The van der Waals surface area contributed by atoms with Gasteiger partial charge in [0.2, 0.25) is 0 Å². The molecule has 0 rings (SSSR count). The Hall–Kier alpha value is -1.30. The van der Waals surface area contributed by atoms with E-state index in [-0.39, 0.29) is 0 Å². The fourth-order valence-corrected chi connectivity index (χ4v) is 0.885. The van der Waals surface area contributed by atoms with E-state index >= 15 is 0 Å². The predicted octanol–water partition coefficient (Wildman–Crippen LogP) is 2.05. The van der Waals surface area contributed by atoms with Gasteiger partial charge in [-0.15, -0.1) is 6.58 Å². The van der Waals surface area contributed by atoms with Crippen LogP contribution in [-0.2, 0) is 9.53 Å². The third-order valence-corrected chi connectivity index (χ3v) is 1.82. The van der Waals surface area contributed by atoms with Crippen molar-refractivity contribution in [2.75, 3.05) is 6.61 Å². The summed E-state index contributed by atoms with van der Waals surface area (Å²) in [6.45, 7) is 7.17. The summed E-state index contributed by atoms with van der Waals surface area (Å²) in [4.78, 5) is 11.3. The molecule has 0 N–H and O–H groups in total. The molecule has 1 atom stereocenters. The lowest BCUT2D eigenvalue weighted by atomic mass is 9.87. The van der Waals surface area contributed by atoms with Crippen LogP contribution < -0.4 is 0 Å². The minimum absolute atomic E-state index is 0.310. The van der Waals surface area contributed by atoms with Crippen LogP contribution in [0.2, 0.25) is 0 Å². The molecule has 0 bridgehead atoms. The minimum Gasteiger partial charge on any atom is -0.465 e. The Balaban J connectivity index is 4.35. The first-order valence-corrected chi connectivity index (χ1v) is 4.30. The van der Waals surface area contributed by atoms with Crippen LogP contribution in [0.3, 0.4) is 0 Å². The minimum atomic E-state index is -1.02. The first-order chi connectivity index (χ1) is 6.10. The number of nitriles is 1. The summed E-state index contributed by atoms with van der Waals surface area (Å²) in [6, 6.07) is 1.98. The maximum absolute atomic E-state index is 11.3. The van der Waals surface area contributed by atoms with Crippen molar-refractivity contribution in [3.63, 3.8) is 0 Å². The highest BCUT2D eigenvalue weighted by molar-refractivity contribution is 5.79. The second-order valence-corrected chi connectivity index (χ2v) is 2.99. The van der Waals surface area contributed by atoms with E-state index in [1.165, 1.54) is 0 Å². The number of carbonyl (C=O) groups is 1. The summed E-state index contributed by atoms with van der Waals surface area (Å²) in [7, 11) is 0. The zero-order valence-electron chi connectivity index (χ0n) is 8.17. The molecule has 13 heavy (non-hydrogen) atoms. The molecule has 0 saturated carbocycles. The first kappa shape index (κ1) is 11.7. The van der Waals surface area contributed by atoms with Crippen LogP contribution in [0.15, 0.2) is 12.7 Å². The molecule has 0 aliphatic carbocycles. The van der Waals surface area contributed by atoms with Crippen LogP contribution in [0.5, 0.6) is 0 Å². The molecule has 0 fully saturated rings. The van der Waals surface area contributed by atoms with Gasteiger partial charge in [-0.3, -0.25) is 4.79 Å². The summed E-state index contributed by atoms with van der Waals surface area (Å²) in [5.74, 6) is -0.445. The van der Waals surface area contributed by atoms with Crippen LogP contribution in [0.25, 0.3) is 0 Å². The van der Waals surface area contributed by atoms with E-state index in [0.717, 1.165) is 0 Å². The molecule has 0 aromatic heterocycles. The van der Waals surface area contributed by atoms with Gasteiger partial charge in [0.1, 0.15) is 0 Å². The van der Waals surface area contributed by atoms with E-state index in [0.29, 0.717) is 19.4 Å². The van der Waals surface area contributed by atoms with E-state index in [9.17, 15) is 4.79 Å². The number of hydrogen-bond acceptors (Lipinski definition) is 3. The van der Waals surface area contributed by atoms with Gasteiger partial charge in [-0.25, -0.2) is 0 Å². The molecule has 0 aromatic carbocycles. The topological polar surface area (TPSA) is 50.1 Å². The summed E-state index contributed by atoms with van der Waals surface area (Å²) >= 11 is 0. The van der Waals surface area contributed by atoms with Gasteiger partial charge in [0.25, 0.3) is 0 Å². The molecule has 0 aromatic rings. The van der Waals surface area contributed by atoms with Gasteiger partial charge in [-0.05, 0) is 26.7 Å². The van der Waals surface area contributed by atoms with E-state index in [1.807, 2.05) is 6.07 Å².